The van der Waals surface area contributed by atoms with Gasteiger partial charge in [-0.05, 0) is 6.92 Å². The SMILES string of the molecule is CCOc1ncnc(NC(CO)CO)c1N. The highest BCUT2D eigenvalue weighted by atomic mass is 16.5. The van der Waals surface area contributed by atoms with Crippen LogP contribution in [0.15, 0.2) is 6.33 Å². The topological polar surface area (TPSA) is 114 Å². The van der Waals surface area contributed by atoms with Crippen LogP contribution in [0, 0.1) is 0 Å². The number of hydrogen-bond donors (Lipinski definition) is 4. The molecule has 90 valence electrons. The maximum absolute atomic E-state index is 8.91. The number of hydrogen-bond acceptors (Lipinski definition) is 7. The first-order valence-corrected chi connectivity index (χ1v) is 4.94. The van der Waals surface area contributed by atoms with Gasteiger partial charge < -0.3 is 26.0 Å². The standard InChI is InChI=1S/C9H16N4O3/c1-2-16-9-7(10)8(11-5-12-9)13-6(3-14)4-15/h5-6,14-15H,2-4,10H2,1H3,(H,11,12,13). The van der Waals surface area contributed by atoms with Gasteiger partial charge in [-0.25, -0.2) is 4.98 Å². The van der Waals surface area contributed by atoms with Gasteiger partial charge in [0.15, 0.2) is 5.82 Å². The van der Waals surface area contributed by atoms with Crippen LogP contribution in [-0.2, 0) is 0 Å². The van der Waals surface area contributed by atoms with E-state index in [0.29, 0.717) is 12.4 Å². The third-order valence-corrected chi connectivity index (χ3v) is 1.91. The molecule has 0 aliphatic carbocycles. The van der Waals surface area contributed by atoms with Crippen LogP contribution in [0.1, 0.15) is 6.92 Å². The van der Waals surface area contributed by atoms with Crippen molar-refractivity contribution in [1.29, 1.82) is 0 Å². The third-order valence-electron chi connectivity index (χ3n) is 1.91. The average Bonchev–Trinajstić information content (AvgIpc) is 2.30. The monoisotopic (exact) mass is 228 g/mol. The Balaban J connectivity index is 2.83. The smallest absolute Gasteiger partial charge is 0.242 e. The predicted molar refractivity (Wildman–Crippen MR) is 59.2 cm³/mol. The van der Waals surface area contributed by atoms with E-state index in [2.05, 4.69) is 15.3 Å². The van der Waals surface area contributed by atoms with Gasteiger partial charge in [-0.15, -0.1) is 0 Å². The Morgan fingerprint density at radius 1 is 1.44 bits per heavy atom. The molecule has 1 rings (SSSR count). The fourth-order valence-electron chi connectivity index (χ4n) is 1.09. The fraction of sp³-hybridized carbons (Fsp3) is 0.556. The number of anilines is 2. The molecule has 0 aliphatic rings. The van der Waals surface area contributed by atoms with Gasteiger partial charge in [0.05, 0.1) is 25.9 Å². The van der Waals surface area contributed by atoms with E-state index in [1.54, 1.807) is 0 Å². The van der Waals surface area contributed by atoms with Crippen LogP contribution in [0.25, 0.3) is 0 Å². The molecule has 0 radical (unpaired) electrons. The Hall–Kier alpha value is -1.60. The highest BCUT2D eigenvalue weighted by Gasteiger charge is 2.12. The van der Waals surface area contributed by atoms with Crippen LogP contribution in [-0.4, -0.2) is 46.0 Å². The van der Waals surface area contributed by atoms with Crippen molar-refractivity contribution in [3.63, 3.8) is 0 Å². The van der Waals surface area contributed by atoms with Gasteiger partial charge in [0, 0.05) is 0 Å². The van der Waals surface area contributed by atoms with Gasteiger partial charge in [0.2, 0.25) is 5.88 Å². The highest BCUT2D eigenvalue weighted by molar-refractivity contribution is 5.66. The quantitative estimate of drug-likeness (QED) is 0.505. The molecule has 1 heterocycles. The van der Waals surface area contributed by atoms with Gasteiger partial charge in [0.25, 0.3) is 0 Å². The second-order valence-electron chi connectivity index (χ2n) is 3.08. The van der Waals surface area contributed by atoms with Gasteiger partial charge in [-0.3, -0.25) is 0 Å². The summed E-state index contributed by atoms with van der Waals surface area (Å²) in [6.45, 7) is 1.83. The van der Waals surface area contributed by atoms with Crippen molar-refractivity contribution in [2.75, 3.05) is 30.9 Å². The van der Waals surface area contributed by atoms with Crippen molar-refractivity contribution < 1.29 is 14.9 Å². The lowest BCUT2D eigenvalue weighted by Gasteiger charge is -2.16. The third kappa shape index (κ3) is 2.94. The Labute approximate surface area is 93.3 Å². The highest BCUT2D eigenvalue weighted by Crippen LogP contribution is 2.24. The molecule has 0 fully saturated rings. The summed E-state index contributed by atoms with van der Waals surface area (Å²) in [6.07, 6.45) is 1.30. The van der Waals surface area contributed by atoms with Crippen molar-refractivity contribution in [3.8, 4) is 5.88 Å². The fourth-order valence-corrected chi connectivity index (χ4v) is 1.09. The second kappa shape index (κ2) is 6.09. The van der Waals surface area contributed by atoms with E-state index in [9.17, 15) is 0 Å². The van der Waals surface area contributed by atoms with Crippen LogP contribution >= 0.6 is 0 Å². The number of rotatable bonds is 6. The lowest BCUT2D eigenvalue weighted by atomic mass is 10.3. The summed E-state index contributed by atoms with van der Waals surface area (Å²) in [5, 5.41) is 20.6. The Bertz CT molecular complexity index is 331. The van der Waals surface area contributed by atoms with Crippen molar-refractivity contribution in [2.45, 2.75) is 13.0 Å². The zero-order valence-corrected chi connectivity index (χ0v) is 9.05. The van der Waals surface area contributed by atoms with Crippen LogP contribution in [0.2, 0.25) is 0 Å². The van der Waals surface area contributed by atoms with Crippen LogP contribution < -0.4 is 15.8 Å². The Kier molecular flexibility index (Phi) is 4.74. The zero-order valence-electron chi connectivity index (χ0n) is 9.05. The van der Waals surface area contributed by atoms with Crippen molar-refractivity contribution >= 4 is 11.5 Å². The molecular weight excluding hydrogens is 212 g/mol. The number of nitrogens with two attached hydrogens (primary N) is 1. The molecule has 16 heavy (non-hydrogen) atoms. The van der Waals surface area contributed by atoms with Gasteiger partial charge in [-0.1, -0.05) is 0 Å². The lowest BCUT2D eigenvalue weighted by Crippen LogP contribution is -2.28. The van der Waals surface area contributed by atoms with E-state index in [4.69, 9.17) is 20.7 Å². The molecule has 0 aromatic carbocycles. The molecule has 7 nitrogen and oxygen atoms in total. The maximum atomic E-state index is 8.91. The second-order valence-corrected chi connectivity index (χ2v) is 3.08. The Morgan fingerprint density at radius 3 is 2.69 bits per heavy atom. The zero-order chi connectivity index (χ0) is 12.0. The molecule has 0 unspecified atom stereocenters. The molecule has 0 amide bonds. The molecular formula is C9H16N4O3. The van der Waals surface area contributed by atoms with Crippen LogP contribution in [0.4, 0.5) is 11.5 Å². The molecule has 0 atom stereocenters. The number of nitrogen functional groups attached to an aromatic ring is 1. The van der Waals surface area contributed by atoms with Crippen molar-refractivity contribution in [2.24, 2.45) is 0 Å². The molecule has 0 aliphatic heterocycles. The largest absolute Gasteiger partial charge is 0.476 e. The minimum absolute atomic E-state index is 0.218. The molecule has 5 N–H and O–H groups in total. The number of nitrogens with one attached hydrogen (secondary N) is 1. The van der Waals surface area contributed by atoms with Gasteiger partial charge in [0.1, 0.15) is 12.0 Å². The van der Waals surface area contributed by atoms with E-state index < -0.39 is 6.04 Å². The molecule has 1 aromatic rings. The average molecular weight is 228 g/mol. The first-order valence-electron chi connectivity index (χ1n) is 4.94. The molecule has 7 heteroatoms. The molecule has 0 spiro atoms. The Morgan fingerprint density at radius 2 is 2.12 bits per heavy atom. The first-order chi connectivity index (χ1) is 7.72. The summed E-state index contributed by atoms with van der Waals surface area (Å²) in [6, 6.07) is -0.508. The summed E-state index contributed by atoms with van der Waals surface area (Å²) < 4.78 is 5.19. The number of aliphatic hydroxyl groups is 2. The maximum Gasteiger partial charge on any atom is 0.242 e. The minimum atomic E-state index is -0.508. The van der Waals surface area contributed by atoms with Gasteiger partial charge in [-0.2, -0.15) is 4.98 Å². The summed E-state index contributed by atoms with van der Waals surface area (Å²) in [5.74, 6) is 0.626. The molecule has 0 saturated heterocycles. The number of nitrogens with zero attached hydrogens (tertiary/aromatic N) is 2. The molecule has 0 saturated carbocycles. The number of aliphatic hydroxyl groups excluding tert-OH is 2. The number of aromatic nitrogens is 2. The molecule has 1 aromatic heterocycles. The summed E-state index contributed by atoms with van der Waals surface area (Å²) in [7, 11) is 0. The van der Waals surface area contributed by atoms with E-state index in [0.717, 1.165) is 0 Å². The predicted octanol–water partition coefficient (Wildman–Crippen LogP) is -0.777. The van der Waals surface area contributed by atoms with E-state index in [1.165, 1.54) is 6.33 Å². The van der Waals surface area contributed by atoms with Crippen LogP contribution in [0.5, 0.6) is 5.88 Å². The van der Waals surface area contributed by atoms with Crippen molar-refractivity contribution in [1.82, 2.24) is 9.97 Å². The van der Waals surface area contributed by atoms with Crippen molar-refractivity contribution in [3.05, 3.63) is 6.33 Å². The number of ether oxygens (including phenoxy) is 1. The van der Waals surface area contributed by atoms with Crippen LogP contribution in [0.3, 0.4) is 0 Å². The first kappa shape index (κ1) is 12.5. The van der Waals surface area contributed by atoms with E-state index in [1.807, 2.05) is 6.92 Å². The van der Waals surface area contributed by atoms with Gasteiger partial charge >= 0.3 is 0 Å². The summed E-state index contributed by atoms with van der Waals surface area (Å²) in [5.41, 5.74) is 6.01. The van der Waals surface area contributed by atoms with E-state index in [-0.39, 0.29) is 24.8 Å². The summed E-state index contributed by atoms with van der Waals surface area (Å²) in [4.78, 5) is 7.77. The summed E-state index contributed by atoms with van der Waals surface area (Å²) >= 11 is 0. The minimum Gasteiger partial charge on any atom is -0.476 e. The molecule has 0 bridgehead atoms. The normalized spacial score (nSPS) is 10.5. The lowest BCUT2D eigenvalue weighted by molar-refractivity contribution is 0.203. The van der Waals surface area contributed by atoms with E-state index >= 15 is 0 Å².